The van der Waals surface area contributed by atoms with Gasteiger partial charge in [-0.1, -0.05) is 18.2 Å². The van der Waals surface area contributed by atoms with Gasteiger partial charge in [0.25, 0.3) is 0 Å². The molecule has 1 saturated carbocycles. The number of piperidine rings is 1. The van der Waals surface area contributed by atoms with E-state index in [0.29, 0.717) is 53.9 Å². The van der Waals surface area contributed by atoms with Gasteiger partial charge in [0.1, 0.15) is 17.3 Å². The van der Waals surface area contributed by atoms with Gasteiger partial charge in [-0.2, -0.15) is 0 Å². The predicted molar refractivity (Wildman–Crippen MR) is 138 cm³/mol. The number of nitrogens with zero attached hydrogens (tertiary/aromatic N) is 2. The summed E-state index contributed by atoms with van der Waals surface area (Å²) in [6, 6.07) is 9.29. The fourth-order valence-corrected chi connectivity index (χ4v) is 5.06. The minimum absolute atomic E-state index is 0.0200. The van der Waals surface area contributed by atoms with Crippen molar-refractivity contribution in [1.82, 2.24) is 10.2 Å². The monoisotopic (exact) mass is 510 g/mol. The number of hydrogen-bond donors (Lipinski definition) is 4. The lowest BCUT2D eigenvalue weighted by Crippen LogP contribution is -2.39. The zero-order valence-corrected chi connectivity index (χ0v) is 20.8. The SMILES string of the molecule is C=CC(=O)N1CCCC(c2cc3c(cc2O)=NCCC=3Oc2ccc(NC(O)NC3CC3)c(Cl)c2)C1. The molecule has 9 heteroatoms. The number of likely N-dealkylation sites (tertiary alicyclic amines) is 1. The van der Waals surface area contributed by atoms with E-state index < -0.39 is 6.35 Å². The summed E-state index contributed by atoms with van der Waals surface area (Å²) < 4.78 is 6.26. The summed E-state index contributed by atoms with van der Waals surface area (Å²) >= 11 is 6.46. The predicted octanol–water partition coefficient (Wildman–Crippen LogP) is 2.59. The van der Waals surface area contributed by atoms with Gasteiger partial charge in [0, 0.05) is 55.4 Å². The molecule has 3 aliphatic rings. The quantitative estimate of drug-likeness (QED) is 0.321. The van der Waals surface area contributed by atoms with Crippen molar-refractivity contribution in [2.75, 3.05) is 25.0 Å². The zero-order chi connectivity index (χ0) is 25.2. The summed E-state index contributed by atoms with van der Waals surface area (Å²) in [4.78, 5) is 18.5. The van der Waals surface area contributed by atoms with Crippen LogP contribution in [0.5, 0.6) is 11.5 Å². The molecular weight excluding hydrogens is 480 g/mol. The molecule has 8 nitrogen and oxygen atoms in total. The first kappa shape index (κ1) is 24.6. The highest BCUT2D eigenvalue weighted by Gasteiger charge is 2.26. The molecule has 2 fully saturated rings. The average molecular weight is 511 g/mol. The first-order valence-corrected chi connectivity index (χ1v) is 12.8. The van der Waals surface area contributed by atoms with Crippen LogP contribution < -0.4 is 25.9 Å². The standard InChI is InChI=1S/C27H31ClN4O4/c1-2-26(34)32-11-3-4-16(15-32)19-13-20-23(14-24(19)33)29-10-9-25(20)36-18-7-8-22(21(28)12-18)31-27(35)30-17-5-6-17/h2,7-8,12-14,16-17,27,30-31,33,35H,1,3-6,9-11,15H2. The molecule has 2 atom stereocenters. The van der Waals surface area contributed by atoms with Gasteiger partial charge >= 0.3 is 0 Å². The Balaban J connectivity index is 1.40. The number of amides is 1. The van der Waals surface area contributed by atoms with Crippen LogP contribution in [0, 0.1) is 0 Å². The zero-order valence-electron chi connectivity index (χ0n) is 20.0. The number of aliphatic hydroxyl groups excluding tert-OH is 1. The van der Waals surface area contributed by atoms with Gasteiger partial charge in [0.2, 0.25) is 5.91 Å². The van der Waals surface area contributed by atoms with Crippen LogP contribution in [-0.2, 0) is 4.79 Å². The Kier molecular flexibility index (Phi) is 7.18. The maximum absolute atomic E-state index is 12.2. The van der Waals surface area contributed by atoms with Gasteiger partial charge in [0.15, 0.2) is 6.35 Å². The number of carbonyl (C=O) groups excluding carboxylic acids is 1. The Morgan fingerprint density at radius 1 is 1.28 bits per heavy atom. The molecule has 190 valence electrons. The summed E-state index contributed by atoms with van der Waals surface area (Å²) in [5.74, 6) is 1.45. The number of benzene rings is 2. The number of aliphatic hydroxyl groups is 1. The number of halogens is 1. The Morgan fingerprint density at radius 2 is 2.11 bits per heavy atom. The van der Waals surface area contributed by atoms with E-state index in [2.05, 4.69) is 22.2 Å². The van der Waals surface area contributed by atoms with E-state index in [0.717, 1.165) is 42.2 Å². The molecule has 2 heterocycles. The van der Waals surface area contributed by atoms with E-state index in [4.69, 9.17) is 16.3 Å². The lowest BCUT2D eigenvalue weighted by atomic mass is 9.89. The minimum atomic E-state index is -0.869. The average Bonchev–Trinajstić information content (AvgIpc) is 3.69. The maximum Gasteiger partial charge on any atom is 0.245 e. The normalized spacial score (nSPS) is 20.2. The van der Waals surface area contributed by atoms with Crippen molar-refractivity contribution in [3.8, 4) is 11.5 Å². The topological polar surface area (TPSA) is 106 Å². The molecule has 1 aliphatic carbocycles. The summed E-state index contributed by atoms with van der Waals surface area (Å²) in [6.45, 7) is 5.38. The molecule has 0 aromatic heterocycles. The molecule has 0 radical (unpaired) electrons. The van der Waals surface area contributed by atoms with Crippen molar-refractivity contribution in [2.45, 2.75) is 50.4 Å². The van der Waals surface area contributed by atoms with E-state index in [1.54, 1.807) is 29.2 Å². The number of carbonyl (C=O) groups is 1. The number of nitrogens with one attached hydrogen (secondary N) is 2. The lowest BCUT2D eigenvalue weighted by molar-refractivity contribution is -0.127. The van der Waals surface area contributed by atoms with Crippen LogP contribution in [0.2, 0.25) is 5.02 Å². The summed E-state index contributed by atoms with van der Waals surface area (Å²) in [7, 11) is 0. The Hall–Kier alpha value is -3.07. The molecule has 2 aliphatic heterocycles. The molecule has 2 unspecified atom stereocenters. The van der Waals surface area contributed by atoms with Gasteiger partial charge in [-0.3, -0.25) is 15.1 Å². The number of phenols is 1. The second kappa shape index (κ2) is 10.5. The van der Waals surface area contributed by atoms with Gasteiger partial charge < -0.3 is 25.2 Å². The Labute approximate surface area is 214 Å². The minimum Gasteiger partial charge on any atom is -0.508 e. The largest absolute Gasteiger partial charge is 0.508 e. The van der Waals surface area contributed by atoms with Gasteiger partial charge in [-0.15, -0.1) is 0 Å². The number of aromatic hydroxyl groups is 1. The number of anilines is 1. The van der Waals surface area contributed by atoms with Crippen LogP contribution >= 0.6 is 11.6 Å². The Bertz CT molecular complexity index is 1290. The summed E-state index contributed by atoms with van der Waals surface area (Å²) in [5.41, 5.74) is 1.40. The highest BCUT2D eigenvalue weighted by atomic mass is 35.5. The molecular formula is C27H31ClN4O4. The van der Waals surface area contributed by atoms with Crippen molar-refractivity contribution < 1.29 is 19.7 Å². The van der Waals surface area contributed by atoms with Crippen LogP contribution in [0.3, 0.4) is 0 Å². The molecule has 2 aromatic rings. The first-order valence-electron chi connectivity index (χ1n) is 12.4. The number of hydrogen-bond acceptors (Lipinski definition) is 7. The molecule has 2 aromatic carbocycles. The van der Waals surface area contributed by atoms with E-state index in [9.17, 15) is 15.0 Å². The van der Waals surface area contributed by atoms with Gasteiger partial charge in [-0.25, -0.2) is 0 Å². The third-order valence-electron chi connectivity index (χ3n) is 6.86. The van der Waals surface area contributed by atoms with Crippen molar-refractivity contribution in [2.24, 2.45) is 4.99 Å². The van der Waals surface area contributed by atoms with Crippen molar-refractivity contribution in [3.05, 3.63) is 64.1 Å². The van der Waals surface area contributed by atoms with Crippen LogP contribution in [0.25, 0.3) is 5.76 Å². The molecule has 36 heavy (non-hydrogen) atoms. The number of phenolic OH excluding ortho intramolecular Hbond substituents is 1. The van der Waals surface area contributed by atoms with Crippen molar-refractivity contribution in [3.63, 3.8) is 0 Å². The van der Waals surface area contributed by atoms with Crippen molar-refractivity contribution in [1.29, 1.82) is 0 Å². The summed E-state index contributed by atoms with van der Waals surface area (Å²) in [5, 5.41) is 28.9. The third-order valence-corrected chi connectivity index (χ3v) is 7.17. The second-order valence-electron chi connectivity index (χ2n) is 9.54. The van der Waals surface area contributed by atoms with Crippen LogP contribution in [0.1, 0.15) is 43.6 Å². The van der Waals surface area contributed by atoms with Crippen LogP contribution in [0.15, 0.2) is 48.0 Å². The molecule has 1 amide bonds. The van der Waals surface area contributed by atoms with Crippen molar-refractivity contribution >= 4 is 29.0 Å². The first-order chi connectivity index (χ1) is 17.4. The number of ether oxygens (including phenoxy) is 1. The van der Waals surface area contributed by atoms with Crippen LogP contribution in [0.4, 0.5) is 5.69 Å². The molecule has 0 spiro atoms. The van der Waals surface area contributed by atoms with E-state index >= 15 is 0 Å². The molecule has 0 bridgehead atoms. The third kappa shape index (κ3) is 5.51. The fourth-order valence-electron chi connectivity index (χ4n) is 4.83. The molecule has 1 saturated heterocycles. The van der Waals surface area contributed by atoms with Crippen LogP contribution in [-0.4, -0.2) is 53.0 Å². The highest BCUT2D eigenvalue weighted by Crippen LogP contribution is 2.32. The maximum atomic E-state index is 12.2. The summed E-state index contributed by atoms with van der Waals surface area (Å²) in [6.07, 6.45) is 4.96. The molecule has 4 N–H and O–H groups in total. The fraction of sp³-hybridized carbons (Fsp3) is 0.407. The van der Waals surface area contributed by atoms with Gasteiger partial charge in [-0.05, 0) is 55.5 Å². The Morgan fingerprint density at radius 3 is 2.86 bits per heavy atom. The van der Waals surface area contributed by atoms with E-state index in [-0.39, 0.29) is 17.6 Å². The highest BCUT2D eigenvalue weighted by molar-refractivity contribution is 6.33. The number of rotatable bonds is 8. The second-order valence-corrected chi connectivity index (χ2v) is 9.95. The number of fused-ring (bicyclic) bond motifs is 1. The van der Waals surface area contributed by atoms with E-state index in [1.807, 2.05) is 6.07 Å². The smallest absolute Gasteiger partial charge is 0.245 e. The van der Waals surface area contributed by atoms with E-state index in [1.165, 1.54) is 6.08 Å². The lowest BCUT2D eigenvalue weighted by Gasteiger charge is -2.32. The molecule has 5 rings (SSSR count). The van der Waals surface area contributed by atoms with Gasteiger partial charge in [0.05, 0.1) is 16.1 Å².